The fourth-order valence-electron chi connectivity index (χ4n) is 7.72. The van der Waals surface area contributed by atoms with E-state index in [-0.39, 0.29) is 45.2 Å². The summed E-state index contributed by atoms with van der Waals surface area (Å²) in [7, 11) is 1.52. The molecule has 0 spiro atoms. The minimum atomic E-state index is -0.518. The summed E-state index contributed by atoms with van der Waals surface area (Å²) in [5, 5.41) is 20.9. The second-order valence-corrected chi connectivity index (χ2v) is 14.7. The number of ether oxygens (including phenoxy) is 1. The normalized spacial score (nSPS) is 18.3. The highest BCUT2D eigenvalue weighted by Crippen LogP contribution is 2.45. The Morgan fingerprint density at radius 2 is 1.69 bits per heavy atom. The Hall–Kier alpha value is -4.93. The van der Waals surface area contributed by atoms with Gasteiger partial charge in [-0.05, 0) is 44.9 Å². The van der Waals surface area contributed by atoms with Gasteiger partial charge in [-0.2, -0.15) is 9.61 Å². The highest BCUT2D eigenvalue weighted by Gasteiger charge is 2.32. The number of pyridine rings is 2. The highest BCUT2D eigenvalue weighted by molar-refractivity contribution is 7.19. The Morgan fingerprint density at radius 3 is 2.42 bits per heavy atom. The van der Waals surface area contributed by atoms with E-state index in [1.807, 2.05) is 25.9 Å². The molecule has 2 N–H and O–H groups in total. The number of nitrogens with zero attached hydrogens (tertiary/aromatic N) is 8. The standard InChI is InChI=1S/C36H38F2N10O3S/c1-4-44-17-23(31(49)21-13-25(37)28(15-27(21)44)45-10-7-39-8-11-45)34-41-42-36-48(34)43-35(52-36)24-18-47(20-5-6-20)29-22(32(24)50)14-26(38)30(33(29)51-3)46-12-9-40-19(2)16-46/h13-15,17-20,39-40H,4-12,16H2,1-3H3. The van der Waals surface area contributed by atoms with E-state index >= 15 is 8.78 Å². The molecular weight excluding hydrogens is 691 g/mol. The van der Waals surface area contributed by atoms with Crippen LogP contribution in [0, 0.1) is 11.6 Å². The largest absolute Gasteiger partial charge is 0.492 e. The maximum atomic E-state index is 16.1. The van der Waals surface area contributed by atoms with Crippen LogP contribution in [-0.2, 0) is 6.54 Å². The first-order chi connectivity index (χ1) is 25.2. The quantitative estimate of drug-likeness (QED) is 0.249. The summed E-state index contributed by atoms with van der Waals surface area (Å²) < 4.78 is 42.9. The van der Waals surface area contributed by atoms with Crippen LogP contribution in [-0.4, -0.2) is 87.9 Å². The van der Waals surface area contributed by atoms with Gasteiger partial charge < -0.3 is 34.3 Å². The van der Waals surface area contributed by atoms with Crippen molar-refractivity contribution in [3.8, 4) is 27.7 Å². The van der Waals surface area contributed by atoms with Crippen molar-refractivity contribution >= 4 is 49.5 Å². The number of aromatic nitrogens is 6. The van der Waals surface area contributed by atoms with Gasteiger partial charge in [0.05, 0.1) is 40.3 Å². The summed E-state index contributed by atoms with van der Waals surface area (Å²) in [6, 6.07) is 4.67. The number of benzene rings is 2. The van der Waals surface area contributed by atoms with E-state index < -0.39 is 17.1 Å². The minimum Gasteiger partial charge on any atom is -0.492 e. The van der Waals surface area contributed by atoms with Gasteiger partial charge in [0.15, 0.2) is 27.8 Å². The van der Waals surface area contributed by atoms with Crippen LogP contribution in [0.5, 0.6) is 5.75 Å². The van der Waals surface area contributed by atoms with E-state index in [9.17, 15) is 9.59 Å². The third kappa shape index (κ3) is 5.25. The monoisotopic (exact) mass is 728 g/mol. The van der Waals surface area contributed by atoms with Gasteiger partial charge in [0.2, 0.25) is 10.4 Å². The third-order valence-electron chi connectivity index (χ3n) is 10.4. The lowest BCUT2D eigenvalue weighted by molar-refractivity contribution is 0.407. The molecule has 3 fully saturated rings. The van der Waals surface area contributed by atoms with E-state index in [2.05, 4.69) is 27.8 Å². The van der Waals surface area contributed by atoms with Crippen LogP contribution in [0.15, 0.2) is 40.2 Å². The molecule has 270 valence electrons. The lowest BCUT2D eigenvalue weighted by Gasteiger charge is -2.35. The molecule has 4 aromatic heterocycles. The predicted octanol–water partition coefficient (Wildman–Crippen LogP) is 4.00. The van der Waals surface area contributed by atoms with E-state index in [0.717, 1.165) is 37.3 Å². The Morgan fingerprint density at radius 1 is 0.942 bits per heavy atom. The maximum absolute atomic E-state index is 16.1. The molecule has 2 aromatic carbocycles. The van der Waals surface area contributed by atoms with Gasteiger partial charge in [0.25, 0.3) is 0 Å². The zero-order valence-electron chi connectivity index (χ0n) is 29.1. The maximum Gasteiger partial charge on any atom is 0.235 e. The molecule has 9 rings (SSSR count). The predicted molar refractivity (Wildman–Crippen MR) is 198 cm³/mol. The van der Waals surface area contributed by atoms with Crippen LogP contribution in [0.25, 0.3) is 48.7 Å². The lowest BCUT2D eigenvalue weighted by atomic mass is 10.1. The number of nitrogens with one attached hydrogen (secondary N) is 2. The molecule has 0 amide bonds. The Labute approximate surface area is 300 Å². The molecule has 1 atom stereocenters. The van der Waals surface area contributed by atoms with Crippen molar-refractivity contribution in [2.45, 2.75) is 45.3 Å². The highest BCUT2D eigenvalue weighted by atomic mass is 32.1. The zero-order valence-corrected chi connectivity index (χ0v) is 29.9. The SMILES string of the molecule is CCn1cc(-c2nnc3sc(-c4cn(C5CC5)c5c(OC)c(N6CCNC(C)C6)c(F)cc5c4=O)nn23)c(=O)c2cc(F)c(N3CCNCC3)cc21. The third-order valence-corrected chi connectivity index (χ3v) is 11.4. The summed E-state index contributed by atoms with van der Waals surface area (Å²) >= 11 is 1.15. The van der Waals surface area contributed by atoms with Crippen LogP contribution in [0.1, 0.15) is 32.7 Å². The number of rotatable bonds is 7. The summed E-state index contributed by atoms with van der Waals surface area (Å²) in [6.45, 7) is 9.30. The second-order valence-electron chi connectivity index (χ2n) is 13.8. The Kier molecular flexibility index (Phi) is 8.00. The molecule has 6 heterocycles. The number of fused-ring (bicyclic) bond motifs is 3. The molecule has 0 bridgehead atoms. The van der Waals surface area contributed by atoms with E-state index in [1.165, 1.54) is 23.8 Å². The minimum absolute atomic E-state index is 0.120. The van der Waals surface area contributed by atoms with Crippen molar-refractivity contribution in [1.29, 1.82) is 0 Å². The molecule has 1 aliphatic carbocycles. The molecule has 16 heteroatoms. The van der Waals surface area contributed by atoms with Crippen molar-refractivity contribution in [1.82, 2.24) is 39.6 Å². The summed E-state index contributed by atoms with van der Waals surface area (Å²) in [6.07, 6.45) is 5.32. The van der Waals surface area contributed by atoms with Gasteiger partial charge in [-0.15, -0.1) is 10.2 Å². The van der Waals surface area contributed by atoms with Crippen LogP contribution in [0.4, 0.5) is 20.2 Å². The first-order valence-corrected chi connectivity index (χ1v) is 18.6. The Balaban J connectivity index is 1.17. The molecule has 6 aromatic rings. The van der Waals surface area contributed by atoms with E-state index in [1.54, 1.807) is 18.5 Å². The second kappa shape index (κ2) is 12.6. The first kappa shape index (κ1) is 32.9. The van der Waals surface area contributed by atoms with Crippen LogP contribution in [0.3, 0.4) is 0 Å². The smallest absolute Gasteiger partial charge is 0.235 e. The van der Waals surface area contributed by atoms with Crippen molar-refractivity contribution in [3.05, 3.63) is 62.7 Å². The number of hydrogen-bond acceptors (Lipinski definition) is 11. The van der Waals surface area contributed by atoms with Gasteiger partial charge >= 0.3 is 0 Å². The van der Waals surface area contributed by atoms with Gasteiger partial charge in [0.1, 0.15) is 11.5 Å². The average Bonchev–Trinajstić information content (AvgIpc) is 3.80. The molecule has 1 saturated carbocycles. The van der Waals surface area contributed by atoms with E-state index in [4.69, 9.17) is 9.84 Å². The summed E-state index contributed by atoms with van der Waals surface area (Å²) in [4.78, 5) is 32.6. The summed E-state index contributed by atoms with van der Waals surface area (Å²) in [5.41, 5.74) is 1.74. The molecule has 2 aliphatic heterocycles. The van der Waals surface area contributed by atoms with Crippen molar-refractivity contribution < 1.29 is 13.5 Å². The van der Waals surface area contributed by atoms with Crippen molar-refractivity contribution in [2.24, 2.45) is 0 Å². The lowest BCUT2D eigenvalue weighted by Crippen LogP contribution is -2.49. The molecule has 3 aliphatic rings. The molecular formula is C36H38F2N10O3S. The van der Waals surface area contributed by atoms with Gasteiger partial charge in [0, 0.05) is 82.2 Å². The van der Waals surface area contributed by atoms with Gasteiger partial charge in [-0.3, -0.25) is 9.59 Å². The number of anilines is 2. The molecule has 52 heavy (non-hydrogen) atoms. The zero-order chi connectivity index (χ0) is 35.8. The van der Waals surface area contributed by atoms with Crippen LogP contribution in [0.2, 0.25) is 0 Å². The average molecular weight is 729 g/mol. The number of methoxy groups -OCH3 is 1. The van der Waals surface area contributed by atoms with Crippen LogP contribution >= 0.6 is 11.3 Å². The number of hydrogen-bond donors (Lipinski definition) is 2. The Bertz CT molecular complexity index is 2520. The fourth-order valence-corrected chi connectivity index (χ4v) is 8.57. The first-order valence-electron chi connectivity index (χ1n) is 17.7. The van der Waals surface area contributed by atoms with Crippen LogP contribution < -0.4 is 36.0 Å². The van der Waals surface area contributed by atoms with Crippen molar-refractivity contribution in [2.75, 3.05) is 62.7 Å². The van der Waals surface area contributed by atoms with E-state index in [0.29, 0.717) is 77.4 Å². The molecule has 13 nitrogen and oxygen atoms in total. The number of halogens is 2. The number of piperazine rings is 2. The van der Waals surface area contributed by atoms with Gasteiger partial charge in [-0.25, -0.2) is 8.78 Å². The molecule has 2 saturated heterocycles. The number of aryl methyl sites for hydroxylation is 1. The fraction of sp³-hybridized carbons (Fsp3) is 0.417. The molecule has 1 unspecified atom stereocenters. The topological polar surface area (TPSA) is 127 Å². The summed E-state index contributed by atoms with van der Waals surface area (Å²) in [5.74, 6) is -0.445. The van der Waals surface area contributed by atoms with Crippen molar-refractivity contribution in [3.63, 3.8) is 0 Å². The molecule has 0 radical (unpaired) electrons. The van der Waals surface area contributed by atoms with Gasteiger partial charge in [-0.1, -0.05) is 11.3 Å².